The number of quaternary nitrogens is 1. The van der Waals surface area contributed by atoms with Crippen LogP contribution < -0.4 is 17.0 Å². The van der Waals surface area contributed by atoms with Crippen molar-refractivity contribution >= 4 is 0 Å². The van der Waals surface area contributed by atoms with Crippen LogP contribution in [0.3, 0.4) is 0 Å². The number of aliphatic hydroxyl groups excluding tert-OH is 1. The maximum absolute atomic E-state index is 8.99. The first-order chi connectivity index (χ1) is 11.6. The van der Waals surface area contributed by atoms with E-state index in [-0.39, 0.29) is 23.6 Å². The number of ether oxygens (including phenoxy) is 1. The van der Waals surface area contributed by atoms with Crippen LogP contribution in [0.1, 0.15) is 90.4 Å². The third kappa shape index (κ3) is 22.3. The molecule has 0 heterocycles. The summed E-state index contributed by atoms with van der Waals surface area (Å²) in [7, 11) is 4.34. The van der Waals surface area contributed by atoms with E-state index in [9.17, 15) is 0 Å². The van der Waals surface area contributed by atoms with E-state index in [1.807, 2.05) is 0 Å². The quantitative estimate of drug-likeness (QED) is 0.254. The molecule has 0 aliphatic heterocycles. The first kappa shape index (κ1) is 27.6. The van der Waals surface area contributed by atoms with Gasteiger partial charge in [0.1, 0.15) is 6.54 Å². The number of aliphatic hydroxyl groups is 1. The molecule has 0 fully saturated rings. The lowest BCUT2D eigenvalue weighted by atomic mass is 10.1. The summed E-state index contributed by atoms with van der Waals surface area (Å²) < 4.78 is 6.61. The third-order valence-corrected chi connectivity index (χ3v) is 4.90. The second kappa shape index (κ2) is 20.7. The number of rotatable bonds is 19. The molecule has 0 bridgehead atoms. The molecule has 0 aliphatic rings. The van der Waals surface area contributed by atoms with Crippen molar-refractivity contribution in [2.24, 2.45) is 0 Å². The van der Waals surface area contributed by atoms with Crippen molar-refractivity contribution in [3.05, 3.63) is 0 Å². The van der Waals surface area contributed by atoms with Crippen LogP contribution in [-0.4, -0.2) is 56.6 Å². The Hall–Kier alpha value is 0.360. The third-order valence-electron chi connectivity index (χ3n) is 4.90. The highest BCUT2D eigenvalue weighted by atomic mass is 79.9. The van der Waals surface area contributed by atoms with Crippen LogP contribution in [0.4, 0.5) is 0 Å². The first-order valence-corrected chi connectivity index (χ1v) is 10.6. The molecule has 0 rings (SSSR count). The van der Waals surface area contributed by atoms with Crippen molar-refractivity contribution in [1.82, 2.24) is 0 Å². The van der Waals surface area contributed by atoms with Crippen LogP contribution in [-0.2, 0) is 4.74 Å². The van der Waals surface area contributed by atoms with E-state index in [0.29, 0.717) is 0 Å². The smallest absolute Gasteiger partial charge is 0.102 e. The van der Waals surface area contributed by atoms with Crippen molar-refractivity contribution in [3.63, 3.8) is 0 Å². The summed E-state index contributed by atoms with van der Waals surface area (Å²) in [5.74, 6) is 0. The molecule has 0 saturated carbocycles. The lowest BCUT2D eigenvalue weighted by molar-refractivity contribution is -0.890. The van der Waals surface area contributed by atoms with Crippen LogP contribution in [0.25, 0.3) is 0 Å². The molecule has 4 heteroatoms. The molecule has 0 saturated heterocycles. The second-order valence-electron chi connectivity index (χ2n) is 7.96. The molecular formula is C21H46BrNO2. The Morgan fingerprint density at radius 2 is 1.08 bits per heavy atom. The van der Waals surface area contributed by atoms with E-state index in [1.165, 1.54) is 77.0 Å². The Morgan fingerprint density at radius 3 is 1.56 bits per heavy atom. The van der Waals surface area contributed by atoms with Gasteiger partial charge in [-0.05, 0) is 6.42 Å². The molecule has 3 nitrogen and oxygen atoms in total. The van der Waals surface area contributed by atoms with Gasteiger partial charge in [0.05, 0.1) is 33.9 Å². The molecule has 0 spiro atoms. The molecule has 0 aromatic rings. The minimum absolute atomic E-state index is 0. The molecular weight excluding hydrogens is 378 g/mol. The van der Waals surface area contributed by atoms with Crippen LogP contribution in [0.2, 0.25) is 0 Å². The molecule has 0 amide bonds. The van der Waals surface area contributed by atoms with E-state index in [0.717, 1.165) is 37.2 Å². The Balaban J connectivity index is 0. The highest BCUT2D eigenvalue weighted by Gasteiger charge is 2.12. The minimum Gasteiger partial charge on any atom is -1.00 e. The zero-order valence-corrected chi connectivity index (χ0v) is 19.0. The fourth-order valence-corrected chi connectivity index (χ4v) is 3.12. The van der Waals surface area contributed by atoms with E-state index in [2.05, 4.69) is 21.0 Å². The van der Waals surface area contributed by atoms with Crippen molar-refractivity contribution < 1.29 is 31.3 Å². The molecule has 1 N–H and O–H groups in total. The zero-order valence-electron chi connectivity index (χ0n) is 17.4. The predicted octanol–water partition coefficient (Wildman–Crippen LogP) is 2.17. The fraction of sp³-hybridized carbons (Fsp3) is 1.00. The van der Waals surface area contributed by atoms with E-state index in [1.54, 1.807) is 0 Å². The lowest BCUT2D eigenvalue weighted by Gasteiger charge is -2.28. The van der Waals surface area contributed by atoms with Crippen molar-refractivity contribution in [2.75, 3.05) is 47.0 Å². The lowest BCUT2D eigenvalue weighted by Crippen LogP contribution is -3.00. The summed E-state index contributed by atoms with van der Waals surface area (Å²) in [5, 5.41) is 8.99. The van der Waals surface area contributed by atoms with E-state index in [4.69, 9.17) is 9.84 Å². The minimum atomic E-state index is 0. The fourth-order valence-electron chi connectivity index (χ4n) is 3.12. The summed E-state index contributed by atoms with van der Waals surface area (Å²) >= 11 is 0. The summed E-state index contributed by atoms with van der Waals surface area (Å²) in [6, 6.07) is 0. The highest BCUT2D eigenvalue weighted by Crippen LogP contribution is 2.11. The molecule has 0 unspecified atom stereocenters. The number of nitrogens with zero attached hydrogens (tertiary/aromatic N) is 1. The molecule has 0 radical (unpaired) electrons. The number of hydrogen-bond acceptors (Lipinski definition) is 2. The van der Waals surface area contributed by atoms with Gasteiger partial charge in [0.25, 0.3) is 0 Å². The summed E-state index contributed by atoms with van der Waals surface area (Å²) in [5.41, 5.74) is 0. The van der Waals surface area contributed by atoms with Gasteiger partial charge >= 0.3 is 0 Å². The average Bonchev–Trinajstić information content (AvgIpc) is 2.54. The van der Waals surface area contributed by atoms with Gasteiger partial charge < -0.3 is 31.3 Å². The Labute approximate surface area is 168 Å². The standard InChI is InChI=1S/C21H46NO2.BrH/c1-4-5-6-7-8-9-10-11-12-13-14-15-20-24-21-16-17-22(2,3)18-19-23;/h23H,4-21H2,1-3H3;1H/q+1;/p-1. The molecule has 0 aromatic heterocycles. The Bertz CT molecular complexity index is 250. The van der Waals surface area contributed by atoms with E-state index < -0.39 is 0 Å². The van der Waals surface area contributed by atoms with Crippen molar-refractivity contribution in [1.29, 1.82) is 0 Å². The Kier molecular flexibility index (Phi) is 22.8. The van der Waals surface area contributed by atoms with Gasteiger partial charge in [-0.3, -0.25) is 0 Å². The van der Waals surface area contributed by atoms with Crippen LogP contribution >= 0.6 is 0 Å². The number of hydrogen-bond donors (Lipinski definition) is 1. The van der Waals surface area contributed by atoms with Gasteiger partial charge in [0, 0.05) is 13.0 Å². The van der Waals surface area contributed by atoms with Gasteiger partial charge in [-0.2, -0.15) is 0 Å². The van der Waals surface area contributed by atoms with Gasteiger partial charge in [0.2, 0.25) is 0 Å². The summed E-state index contributed by atoms with van der Waals surface area (Å²) in [6.07, 6.45) is 17.8. The molecule has 0 atom stereocenters. The van der Waals surface area contributed by atoms with Gasteiger partial charge in [-0.25, -0.2) is 0 Å². The monoisotopic (exact) mass is 423 g/mol. The van der Waals surface area contributed by atoms with Crippen molar-refractivity contribution in [3.8, 4) is 0 Å². The largest absolute Gasteiger partial charge is 1.00 e. The maximum atomic E-state index is 8.99. The van der Waals surface area contributed by atoms with E-state index >= 15 is 0 Å². The SMILES string of the molecule is CCCCCCCCCCCCCCOCCC[N+](C)(C)CCO.[Br-]. The number of unbranched alkanes of at least 4 members (excludes halogenated alkanes) is 11. The zero-order chi connectivity index (χ0) is 17.9. The maximum Gasteiger partial charge on any atom is 0.102 e. The van der Waals surface area contributed by atoms with Gasteiger partial charge in [0.15, 0.2) is 0 Å². The first-order valence-electron chi connectivity index (χ1n) is 10.6. The normalized spacial score (nSPS) is 11.5. The molecule has 154 valence electrons. The molecule has 0 aromatic carbocycles. The van der Waals surface area contributed by atoms with Crippen LogP contribution in [0, 0.1) is 0 Å². The summed E-state index contributed by atoms with van der Waals surface area (Å²) in [4.78, 5) is 0. The van der Waals surface area contributed by atoms with Gasteiger partial charge in [-0.15, -0.1) is 0 Å². The second-order valence-corrected chi connectivity index (χ2v) is 7.96. The predicted molar refractivity (Wildman–Crippen MR) is 105 cm³/mol. The molecule has 0 aliphatic carbocycles. The van der Waals surface area contributed by atoms with Crippen molar-refractivity contribution in [2.45, 2.75) is 90.4 Å². The number of likely N-dealkylation sites (N-methyl/N-ethyl adjacent to an activating group) is 1. The summed E-state index contributed by atoms with van der Waals surface area (Å²) in [6.45, 7) is 6.25. The molecule has 25 heavy (non-hydrogen) atoms. The highest BCUT2D eigenvalue weighted by molar-refractivity contribution is 4.48. The van der Waals surface area contributed by atoms with Crippen LogP contribution in [0.5, 0.6) is 0 Å². The van der Waals surface area contributed by atoms with Gasteiger partial charge in [-0.1, -0.05) is 77.6 Å². The topological polar surface area (TPSA) is 29.5 Å². The average molecular weight is 425 g/mol. The van der Waals surface area contributed by atoms with Crippen LogP contribution in [0.15, 0.2) is 0 Å². The number of halogens is 1. The Morgan fingerprint density at radius 1 is 0.640 bits per heavy atom.